The van der Waals surface area contributed by atoms with Gasteiger partial charge >= 0.3 is 0 Å². The number of aromatic nitrogens is 1. The molecule has 1 atom stereocenters. The second kappa shape index (κ2) is 5.33. The highest BCUT2D eigenvalue weighted by Crippen LogP contribution is 2.12. The number of H-pyrrole nitrogens is 1. The monoisotopic (exact) mass is 236 g/mol. The molecule has 5 heteroatoms. The zero-order chi connectivity index (χ0) is 12.3. The molecule has 1 fully saturated rings. The number of amides is 1. The lowest BCUT2D eigenvalue weighted by Crippen LogP contribution is -2.53. The average Bonchev–Trinajstić information content (AvgIpc) is 2.91. The summed E-state index contributed by atoms with van der Waals surface area (Å²) >= 11 is 0. The summed E-state index contributed by atoms with van der Waals surface area (Å²) in [6.45, 7) is 5.78. The fraction of sp³-hybridized carbons (Fsp3) is 0.583. The molecule has 0 spiro atoms. The Morgan fingerprint density at radius 1 is 1.47 bits per heavy atom. The summed E-state index contributed by atoms with van der Waals surface area (Å²) in [4.78, 5) is 19.2. The van der Waals surface area contributed by atoms with E-state index < -0.39 is 0 Å². The molecule has 1 aromatic heterocycles. The number of carbonyl (C=O) groups is 1. The van der Waals surface area contributed by atoms with Crippen molar-refractivity contribution in [3.05, 3.63) is 18.3 Å². The molecule has 1 aliphatic rings. The molecule has 0 saturated carbocycles. The van der Waals surface area contributed by atoms with Crippen molar-refractivity contribution in [1.29, 1.82) is 0 Å². The number of likely N-dealkylation sites (N-methyl/N-ethyl adjacent to an activating group) is 1. The lowest BCUT2D eigenvalue weighted by molar-refractivity contribution is -0.123. The smallest absolute Gasteiger partial charge is 0.244 e. The highest BCUT2D eigenvalue weighted by Gasteiger charge is 2.25. The van der Waals surface area contributed by atoms with Crippen LogP contribution in [-0.2, 0) is 4.79 Å². The fourth-order valence-electron chi connectivity index (χ4n) is 2.15. The molecule has 17 heavy (non-hydrogen) atoms. The number of hydrogen-bond acceptors (Lipinski definition) is 3. The fourth-order valence-corrected chi connectivity index (χ4v) is 2.15. The Bertz CT molecular complexity index is 357. The van der Waals surface area contributed by atoms with E-state index in [2.05, 4.69) is 15.2 Å². The van der Waals surface area contributed by atoms with Crippen LogP contribution in [0.25, 0.3) is 0 Å². The molecule has 0 radical (unpaired) electrons. The quantitative estimate of drug-likeness (QED) is 0.792. The van der Waals surface area contributed by atoms with Gasteiger partial charge in [0, 0.05) is 39.4 Å². The maximum Gasteiger partial charge on any atom is 0.244 e. The Hall–Kier alpha value is -1.33. The molecule has 2 heterocycles. The number of aromatic amines is 1. The van der Waals surface area contributed by atoms with Crippen molar-refractivity contribution >= 4 is 11.7 Å². The van der Waals surface area contributed by atoms with Gasteiger partial charge in [0.2, 0.25) is 5.91 Å². The summed E-state index contributed by atoms with van der Waals surface area (Å²) in [5, 5.41) is 3.29. The van der Waals surface area contributed by atoms with E-state index in [1.54, 1.807) is 4.90 Å². The molecular formula is C12H20N4O. The molecule has 1 aromatic rings. The Kier molecular flexibility index (Phi) is 3.81. The second-order valence-electron chi connectivity index (χ2n) is 4.41. The Morgan fingerprint density at radius 3 is 2.76 bits per heavy atom. The molecule has 0 aliphatic carbocycles. The molecule has 1 saturated heterocycles. The second-order valence-corrected chi connectivity index (χ2v) is 4.41. The van der Waals surface area contributed by atoms with Crippen molar-refractivity contribution < 1.29 is 4.79 Å². The van der Waals surface area contributed by atoms with Gasteiger partial charge in [-0.25, -0.2) is 0 Å². The van der Waals surface area contributed by atoms with Crippen molar-refractivity contribution in [3.63, 3.8) is 0 Å². The van der Waals surface area contributed by atoms with Gasteiger partial charge in [-0.1, -0.05) is 0 Å². The molecule has 94 valence electrons. The van der Waals surface area contributed by atoms with Crippen LogP contribution in [0, 0.1) is 0 Å². The summed E-state index contributed by atoms with van der Waals surface area (Å²) in [5.41, 5.74) is 0. The van der Waals surface area contributed by atoms with Crippen LogP contribution in [0.1, 0.15) is 6.92 Å². The third-order valence-corrected chi connectivity index (χ3v) is 3.33. The molecule has 1 amide bonds. The zero-order valence-corrected chi connectivity index (χ0v) is 10.4. The van der Waals surface area contributed by atoms with Gasteiger partial charge in [0.15, 0.2) is 0 Å². The summed E-state index contributed by atoms with van der Waals surface area (Å²) < 4.78 is 0. The van der Waals surface area contributed by atoms with Crippen LogP contribution in [0.15, 0.2) is 18.3 Å². The minimum Gasteiger partial charge on any atom is -0.348 e. The lowest BCUT2D eigenvalue weighted by Gasteiger charge is -2.33. The van der Waals surface area contributed by atoms with Gasteiger partial charge in [0.1, 0.15) is 5.82 Å². The minimum absolute atomic E-state index is 0.0644. The first-order chi connectivity index (χ1) is 8.20. The topological polar surface area (TPSA) is 51.4 Å². The van der Waals surface area contributed by atoms with Gasteiger partial charge in [0.05, 0.1) is 6.04 Å². The van der Waals surface area contributed by atoms with Crippen LogP contribution in [-0.4, -0.2) is 55.1 Å². The first kappa shape index (κ1) is 12.1. The number of piperazine rings is 1. The molecule has 1 aliphatic heterocycles. The van der Waals surface area contributed by atoms with Crippen LogP contribution in [0.4, 0.5) is 5.82 Å². The Morgan fingerprint density at radius 2 is 2.18 bits per heavy atom. The van der Waals surface area contributed by atoms with E-state index in [0.29, 0.717) is 0 Å². The van der Waals surface area contributed by atoms with Gasteiger partial charge in [-0.05, 0) is 19.1 Å². The molecule has 5 nitrogen and oxygen atoms in total. The molecule has 0 bridgehead atoms. The number of hydrogen-bond donors (Lipinski definition) is 2. The van der Waals surface area contributed by atoms with E-state index in [9.17, 15) is 4.79 Å². The number of carbonyl (C=O) groups excluding carboxylic acids is 1. The van der Waals surface area contributed by atoms with E-state index in [-0.39, 0.29) is 11.9 Å². The normalized spacial score (nSPS) is 18.9. The van der Waals surface area contributed by atoms with Crippen LogP contribution >= 0.6 is 0 Å². The van der Waals surface area contributed by atoms with Crippen molar-refractivity contribution in [1.82, 2.24) is 15.2 Å². The van der Waals surface area contributed by atoms with Gasteiger partial charge in [-0.2, -0.15) is 0 Å². The minimum atomic E-state index is -0.0644. The molecule has 2 N–H and O–H groups in total. The predicted octanol–water partition coefficient (Wildman–Crippen LogP) is 0.271. The van der Waals surface area contributed by atoms with E-state index in [1.165, 1.54) is 0 Å². The lowest BCUT2D eigenvalue weighted by atomic mass is 10.2. The first-order valence-corrected chi connectivity index (χ1v) is 6.06. The van der Waals surface area contributed by atoms with Crippen molar-refractivity contribution in [2.24, 2.45) is 0 Å². The Labute approximate surface area is 102 Å². The van der Waals surface area contributed by atoms with Crippen LogP contribution in [0.5, 0.6) is 0 Å². The highest BCUT2D eigenvalue weighted by atomic mass is 16.2. The largest absolute Gasteiger partial charge is 0.348 e. The summed E-state index contributed by atoms with van der Waals surface area (Å²) in [7, 11) is 1.81. The first-order valence-electron chi connectivity index (χ1n) is 6.06. The highest BCUT2D eigenvalue weighted by molar-refractivity contribution is 5.95. The molecule has 2 rings (SSSR count). The number of nitrogens with zero attached hydrogens (tertiary/aromatic N) is 2. The van der Waals surface area contributed by atoms with E-state index in [0.717, 1.165) is 32.0 Å². The van der Waals surface area contributed by atoms with Crippen molar-refractivity contribution in [2.45, 2.75) is 13.0 Å². The van der Waals surface area contributed by atoms with Gasteiger partial charge < -0.3 is 15.2 Å². The van der Waals surface area contributed by atoms with Crippen LogP contribution in [0.3, 0.4) is 0 Å². The predicted molar refractivity (Wildman–Crippen MR) is 68.1 cm³/mol. The number of nitrogens with one attached hydrogen (secondary N) is 2. The summed E-state index contributed by atoms with van der Waals surface area (Å²) in [6.07, 6.45) is 1.83. The van der Waals surface area contributed by atoms with E-state index in [1.807, 2.05) is 32.3 Å². The Balaban J connectivity index is 1.98. The summed E-state index contributed by atoms with van der Waals surface area (Å²) in [6, 6.07) is 3.74. The van der Waals surface area contributed by atoms with Gasteiger partial charge in [0.25, 0.3) is 0 Å². The van der Waals surface area contributed by atoms with E-state index >= 15 is 0 Å². The molecule has 1 unspecified atom stereocenters. The van der Waals surface area contributed by atoms with Crippen molar-refractivity contribution in [2.75, 3.05) is 38.1 Å². The third-order valence-electron chi connectivity index (χ3n) is 3.33. The molecular weight excluding hydrogens is 216 g/mol. The number of anilines is 1. The van der Waals surface area contributed by atoms with Gasteiger partial charge in [-0.15, -0.1) is 0 Å². The summed E-state index contributed by atoms with van der Waals surface area (Å²) in [5.74, 6) is 0.978. The average molecular weight is 236 g/mol. The van der Waals surface area contributed by atoms with Crippen LogP contribution < -0.4 is 10.2 Å². The standard InChI is InChI=1S/C12H20N4O/c1-10(16-8-6-13-7-9-16)12(17)15(2)11-4-3-5-14-11/h3-5,10,13-14H,6-9H2,1-2H3. The number of rotatable bonds is 3. The zero-order valence-electron chi connectivity index (χ0n) is 10.4. The third kappa shape index (κ3) is 2.68. The van der Waals surface area contributed by atoms with Crippen LogP contribution in [0.2, 0.25) is 0 Å². The maximum atomic E-state index is 12.3. The van der Waals surface area contributed by atoms with Crippen molar-refractivity contribution in [3.8, 4) is 0 Å². The maximum absolute atomic E-state index is 12.3. The molecule has 0 aromatic carbocycles. The van der Waals surface area contributed by atoms with Gasteiger partial charge in [-0.3, -0.25) is 9.69 Å². The SMILES string of the molecule is CC(C(=O)N(C)c1ccc[nH]1)N1CCNCC1. The van der Waals surface area contributed by atoms with E-state index in [4.69, 9.17) is 0 Å².